The van der Waals surface area contributed by atoms with Crippen molar-refractivity contribution < 1.29 is 37.3 Å². The number of amides is 2. The van der Waals surface area contributed by atoms with Crippen LogP contribution in [0.4, 0.5) is 36.5 Å². The van der Waals surface area contributed by atoms with Crippen LogP contribution in [0.15, 0.2) is 60.7 Å². The number of ether oxygens (including phenoxy) is 4. The molecule has 41 heavy (non-hydrogen) atoms. The predicted octanol–water partition coefficient (Wildman–Crippen LogP) is 6.57. The first-order valence-corrected chi connectivity index (χ1v) is 13.0. The van der Waals surface area contributed by atoms with Gasteiger partial charge in [0.25, 0.3) is 11.8 Å². The Morgan fingerprint density at radius 1 is 0.951 bits per heavy atom. The third-order valence-electron chi connectivity index (χ3n) is 5.76. The summed E-state index contributed by atoms with van der Waals surface area (Å²) >= 11 is 7.13. The number of hydrogen-bond donors (Lipinski definition) is 4. The fraction of sp³-hybridized carbons (Fsp3) is 0.111. The largest absolute Gasteiger partial charge is 0.495 e. The second-order valence-electron chi connectivity index (χ2n) is 8.40. The zero-order valence-corrected chi connectivity index (χ0v) is 22.7. The Morgan fingerprint density at radius 3 is 2.32 bits per heavy atom. The summed E-state index contributed by atoms with van der Waals surface area (Å²) < 4.78 is 45.3. The molecule has 0 fully saturated rings. The lowest BCUT2D eigenvalue weighted by molar-refractivity contribution is -0.0498. The van der Waals surface area contributed by atoms with E-state index in [1.165, 1.54) is 37.4 Å². The van der Waals surface area contributed by atoms with Crippen LogP contribution in [0.25, 0.3) is 0 Å². The molecule has 3 aromatic carbocycles. The van der Waals surface area contributed by atoms with Gasteiger partial charge in [0.2, 0.25) is 6.79 Å². The number of thiophene rings is 1. The van der Waals surface area contributed by atoms with E-state index in [0.29, 0.717) is 34.3 Å². The smallest absolute Gasteiger partial charge is 0.387 e. The van der Waals surface area contributed by atoms with Gasteiger partial charge in [-0.05, 0) is 54.6 Å². The molecule has 2 amide bonds. The number of alkyl halides is 2. The molecule has 0 atom stereocenters. The molecule has 14 heteroatoms. The van der Waals surface area contributed by atoms with Gasteiger partial charge in [0.05, 0.1) is 23.4 Å². The summed E-state index contributed by atoms with van der Waals surface area (Å²) in [6, 6.07) is 15.2. The number of carbonyl (C=O) groups is 2. The van der Waals surface area contributed by atoms with Crippen molar-refractivity contribution in [3.8, 4) is 23.0 Å². The number of rotatable bonds is 9. The summed E-state index contributed by atoms with van der Waals surface area (Å²) in [6.07, 6.45) is 0. The van der Waals surface area contributed by atoms with Gasteiger partial charge in [0, 0.05) is 23.1 Å². The molecule has 0 saturated heterocycles. The number of nitrogen functional groups attached to an aromatic ring is 1. The van der Waals surface area contributed by atoms with E-state index in [1.54, 1.807) is 30.3 Å². The van der Waals surface area contributed by atoms with Gasteiger partial charge in [0.1, 0.15) is 21.4 Å². The van der Waals surface area contributed by atoms with Crippen LogP contribution in [0, 0.1) is 0 Å². The second-order valence-corrected chi connectivity index (χ2v) is 9.83. The number of methoxy groups -OCH3 is 1. The number of hydrogen-bond acceptors (Lipinski definition) is 9. The average Bonchev–Trinajstić information content (AvgIpc) is 3.53. The molecule has 0 radical (unpaired) electrons. The normalized spacial score (nSPS) is 11.7. The molecule has 0 unspecified atom stereocenters. The molecular weight excluding hydrogens is 582 g/mol. The van der Waals surface area contributed by atoms with Crippen molar-refractivity contribution in [3.05, 3.63) is 76.1 Å². The number of nitrogens with two attached hydrogens (primary N) is 1. The third kappa shape index (κ3) is 6.21. The number of carbonyl (C=O) groups excluding carboxylic acids is 2. The maximum Gasteiger partial charge on any atom is 0.387 e. The van der Waals surface area contributed by atoms with Crippen molar-refractivity contribution >= 4 is 62.5 Å². The molecule has 2 heterocycles. The van der Waals surface area contributed by atoms with E-state index in [4.69, 9.17) is 31.5 Å². The first kappa shape index (κ1) is 27.8. The van der Waals surface area contributed by atoms with Crippen molar-refractivity contribution in [2.45, 2.75) is 6.61 Å². The summed E-state index contributed by atoms with van der Waals surface area (Å²) in [7, 11) is 1.46. The van der Waals surface area contributed by atoms with Crippen LogP contribution in [0.5, 0.6) is 23.0 Å². The fourth-order valence-corrected chi connectivity index (χ4v) is 5.17. The molecule has 0 aliphatic carbocycles. The molecule has 0 saturated carbocycles. The Hall–Kier alpha value is -4.75. The number of nitrogens with one attached hydrogen (secondary N) is 3. The molecule has 212 valence electrons. The van der Waals surface area contributed by atoms with Gasteiger partial charge >= 0.3 is 6.61 Å². The van der Waals surface area contributed by atoms with Crippen LogP contribution in [0.1, 0.15) is 20.0 Å². The molecule has 0 spiro atoms. The van der Waals surface area contributed by atoms with Crippen molar-refractivity contribution in [3.63, 3.8) is 0 Å². The molecule has 4 aromatic rings. The standard InChI is InChI=1S/C27H21ClF2N4O6S/c1-37-18-8-4-14(10-17(18)28)32-24(35)21-22(31)23(25(36)33-15-5-9-19-20(11-15)39-12-38-19)41-26(21)34-13-2-6-16(7-3-13)40-27(29)30/h2-11,27,34H,12,31H2,1H3,(H,32,35)(H,33,36). The Balaban J connectivity index is 1.45. The minimum absolute atomic E-state index is 0.00863. The number of benzene rings is 3. The lowest BCUT2D eigenvalue weighted by Crippen LogP contribution is -2.16. The van der Waals surface area contributed by atoms with Crippen LogP contribution in [-0.4, -0.2) is 32.3 Å². The zero-order valence-electron chi connectivity index (χ0n) is 21.1. The summed E-state index contributed by atoms with van der Waals surface area (Å²) in [5.74, 6) is 0.205. The van der Waals surface area contributed by atoms with E-state index in [1.807, 2.05) is 0 Å². The Bertz CT molecular complexity index is 1620. The highest BCUT2D eigenvalue weighted by Crippen LogP contribution is 2.40. The minimum atomic E-state index is -2.97. The maximum absolute atomic E-state index is 13.4. The van der Waals surface area contributed by atoms with E-state index in [2.05, 4.69) is 20.7 Å². The van der Waals surface area contributed by atoms with Gasteiger partial charge in [-0.1, -0.05) is 11.6 Å². The quantitative estimate of drug-likeness (QED) is 0.169. The highest BCUT2D eigenvalue weighted by molar-refractivity contribution is 7.19. The van der Waals surface area contributed by atoms with Crippen LogP contribution in [0.2, 0.25) is 5.02 Å². The molecule has 10 nitrogen and oxygen atoms in total. The Kier molecular flexibility index (Phi) is 7.99. The van der Waals surface area contributed by atoms with Crippen LogP contribution in [0.3, 0.4) is 0 Å². The van der Waals surface area contributed by atoms with Gasteiger partial charge in [-0.25, -0.2) is 0 Å². The highest BCUT2D eigenvalue weighted by Gasteiger charge is 2.27. The Labute approximate surface area is 240 Å². The summed E-state index contributed by atoms with van der Waals surface area (Å²) in [6.45, 7) is -2.90. The zero-order chi connectivity index (χ0) is 29.1. The topological polar surface area (TPSA) is 133 Å². The van der Waals surface area contributed by atoms with Crippen LogP contribution >= 0.6 is 22.9 Å². The first-order chi connectivity index (χ1) is 19.7. The molecular formula is C27H21ClF2N4O6S. The van der Waals surface area contributed by atoms with Gasteiger partial charge in [0.15, 0.2) is 11.5 Å². The monoisotopic (exact) mass is 602 g/mol. The fourth-order valence-electron chi connectivity index (χ4n) is 3.88. The average molecular weight is 603 g/mol. The lowest BCUT2D eigenvalue weighted by atomic mass is 10.2. The molecule has 0 bridgehead atoms. The second kappa shape index (κ2) is 11.8. The molecule has 1 aromatic heterocycles. The third-order valence-corrected chi connectivity index (χ3v) is 7.17. The number of halogens is 3. The maximum atomic E-state index is 13.4. The van der Waals surface area contributed by atoms with E-state index in [9.17, 15) is 18.4 Å². The van der Waals surface area contributed by atoms with Gasteiger partial charge in [-0.3, -0.25) is 9.59 Å². The number of fused-ring (bicyclic) bond motifs is 1. The van der Waals surface area contributed by atoms with Crippen molar-refractivity contribution in [1.82, 2.24) is 0 Å². The first-order valence-electron chi connectivity index (χ1n) is 11.8. The van der Waals surface area contributed by atoms with Gasteiger partial charge < -0.3 is 40.6 Å². The van der Waals surface area contributed by atoms with E-state index >= 15 is 0 Å². The SMILES string of the molecule is COc1ccc(NC(=O)c2c(Nc3ccc(OC(F)F)cc3)sc(C(=O)Nc3ccc4c(c3)OCO4)c2N)cc1Cl. The summed E-state index contributed by atoms with van der Waals surface area (Å²) in [5, 5.41) is 9.01. The molecule has 1 aliphatic rings. The van der Waals surface area contributed by atoms with Crippen molar-refractivity contribution in [2.75, 3.05) is 35.6 Å². The van der Waals surface area contributed by atoms with Crippen molar-refractivity contribution in [1.29, 1.82) is 0 Å². The molecule has 5 N–H and O–H groups in total. The Morgan fingerprint density at radius 2 is 1.61 bits per heavy atom. The number of anilines is 5. The van der Waals surface area contributed by atoms with E-state index < -0.39 is 18.4 Å². The van der Waals surface area contributed by atoms with E-state index in [-0.39, 0.29) is 38.7 Å². The minimum Gasteiger partial charge on any atom is -0.495 e. The van der Waals surface area contributed by atoms with Gasteiger partial charge in [-0.2, -0.15) is 8.78 Å². The lowest BCUT2D eigenvalue weighted by Gasteiger charge is -2.11. The highest BCUT2D eigenvalue weighted by atomic mass is 35.5. The molecule has 5 rings (SSSR count). The summed E-state index contributed by atoms with van der Waals surface area (Å²) in [4.78, 5) is 26.8. The van der Waals surface area contributed by atoms with Gasteiger partial charge in [-0.15, -0.1) is 11.3 Å². The van der Waals surface area contributed by atoms with Crippen molar-refractivity contribution in [2.24, 2.45) is 0 Å². The predicted molar refractivity (Wildman–Crippen MR) is 152 cm³/mol. The molecule has 1 aliphatic heterocycles. The summed E-state index contributed by atoms with van der Waals surface area (Å²) in [5.41, 5.74) is 7.49. The van der Waals surface area contributed by atoms with Crippen LogP contribution in [-0.2, 0) is 0 Å². The van der Waals surface area contributed by atoms with Crippen LogP contribution < -0.4 is 40.6 Å². The van der Waals surface area contributed by atoms with E-state index in [0.717, 1.165) is 11.3 Å².